The Bertz CT molecular complexity index is 468. The maximum atomic E-state index is 13.1. The van der Waals surface area contributed by atoms with Crippen molar-refractivity contribution >= 4 is 21.8 Å². The smallest absolute Gasteiger partial charge is 0.256 e. The Hall–Kier alpha value is -1.41. The first-order valence-electron chi connectivity index (χ1n) is 5.10. The van der Waals surface area contributed by atoms with Crippen LogP contribution in [0.3, 0.4) is 0 Å². The standard InChI is InChI=1S/C12H12BrFN2O/c1-8(2)16(6-5-15)12(17)10-7-9(14)3-4-11(10)13/h3-4,7-8H,6H2,1-2H3. The van der Waals surface area contributed by atoms with Crippen LogP contribution in [0.4, 0.5) is 4.39 Å². The molecule has 0 unspecified atom stereocenters. The van der Waals surface area contributed by atoms with Crippen LogP contribution in [0.15, 0.2) is 22.7 Å². The summed E-state index contributed by atoms with van der Waals surface area (Å²) in [6.07, 6.45) is 0. The molecule has 0 N–H and O–H groups in total. The van der Waals surface area contributed by atoms with Gasteiger partial charge in [-0.2, -0.15) is 5.26 Å². The van der Waals surface area contributed by atoms with Crippen molar-refractivity contribution in [3.63, 3.8) is 0 Å². The number of carbonyl (C=O) groups excluding carboxylic acids is 1. The molecule has 1 amide bonds. The fraction of sp³-hybridized carbons (Fsp3) is 0.333. The van der Waals surface area contributed by atoms with Gasteiger partial charge in [0.1, 0.15) is 12.4 Å². The molecule has 0 heterocycles. The van der Waals surface area contributed by atoms with E-state index >= 15 is 0 Å². The molecule has 17 heavy (non-hydrogen) atoms. The molecule has 0 aliphatic heterocycles. The Morgan fingerprint density at radius 2 is 2.24 bits per heavy atom. The van der Waals surface area contributed by atoms with Crippen LogP contribution < -0.4 is 0 Å². The number of nitriles is 1. The summed E-state index contributed by atoms with van der Waals surface area (Å²) in [7, 11) is 0. The summed E-state index contributed by atoms with van der Waals surface area (Å²) >= 11 is 3.20. The van der Waals surface area contributed by atoms with Crippen molar-refractivity contribution < 1.29 is 9.18 Å². The van der Waals surface area contributed by atoms with E-state index in [1.165, 1.54) is 23.1 Å². The lowest BCUT2D eigenvalue weighted by Gasteiger charge is -2.24. The second kappa shape index (κ2) is 5.78. The zero-order valence-corrected chi connectivity index (χ0v) is 11.2. The molecular weight excluding hydrogens is 287 g/mol. The molecule has 0 aliphatic carbocycles. The molecule has 3 nitrogen and oxygen atoms in total. The van der Waals surface area contributed by atoms with Gasteiger partial charge in [-0.05, 0) is 48.0 Å². The quantitative estimate of drug-likeness (QED) is 0.805. The number of rotatable bonds is 3. The first kappa shape index (κ1) is 13.7. The molecule has 1 aromatic rings. The molecule has 0 saturated heterocycles. The third-order valence-corrected chi connectivity index (χ3v) is 2.98. The highest BCUT2D eigenvalue weighted by atomic mass is 79.9. The Kier molecular flexibility index (Phi) is 4.64. The predicted molar refractivity (Wildman–Crippen MR) is 65.9 cm³/mol. The molecular formula is C12H12BrFN2O. The minimum Gasteiger partial charge on any atom is -0.323 e. The first-order valence-corrected chi connectivity index (χ1v) is 5.89. The summed E-state index contributed by atoms with van der Waals surface area (Å²) in [6.45, 7) is 3.60. The van der Waals surface area contributed by atoms with E-state index in [0.717, 1.165) is 0 Å². The average Bonchev–Trinajstić information content (AvgIpc) is 2.28. The molecule has 0 spiro atoms. The number of carbonyl (C=O) groups is 1. The van der Waals surface area contributed by atoms with E-state index in [9.17, 15) is 9.18 Å². The van der Waals surface area contributed by atoms with Crippen molar-refractivity contribution in [3.8, 4) is 6.07 Å². The van der Waals surface area contributed by atoms with Crippen molar-refractivity contribution in [2.75, 3.05) is 6.54 Å². The fourth-order valence-corrected chi connectivity index (χ4v) is 1.80. The van der Waals surface area contributed by atoms with E-state index in [1.807, 2.05) is 19.9 Å². The van der Waals surface area contributed by atoms with Crippen LogP contribution in [0.1, 0.15) is 24.2 Å². The van der Waals surface area contributed by atoms with Gasteiger partial charge in [-0.15, -0.1) is 0 Å². The third-order valence-electron chi connectivity index (χ3n) is 2.28. The molecule has 90 valence electrons. The topological polar surface area (TPSA) is 44.1 Å². The molecule has 1 rings (SSSR count). The normalized spacial score (nSPS) is 10.1. The summed E-state index contributed by atoms with van der Waals surface area (Å²) in [5, 5.41) is 8.68. The first-order chi connectivity index (χ1) is 7.97. The average molecular weight is 299 g/mol. The van der Waals surface area contributed by atoms with Crippen LogP contribution in [-0.4, -0.2) is 23.4 Å². The maximum absolute atomic E-state index is 13.1. The van der Waals surface area contributed by atoms with Gasteiger partial charge in [-0.1, -0.05) is 0 Å². The highest BCUT2D eigenvalue weighted by Gasteiger charge is 2.20. The predicted octanol–water partition coefficient (Wildman–Crippen LogP) is 2.96. The lowest BCUT2D eigenvalue weighted by atomic mass is 10.1. The monoisotopic (exact) mass is 298 g/mol. The van der Waals surface area contributed by atoms with Gasteiger partial charge in [0, 0.05) is 10.5 Å². The van der Waals surface area contributed by atoms with Crippen molar-refractivity contribution in [1.29, 1.82) is 5.26 Å². The molecule has 0 aromatic heterocycles. The fourth-order valence-electron chi connectivity index (χ4n) is 1.38. The molecule has 0 radical (unpaired) electrons. The van der Waals surface area contributed by atoms with Crippen LogP contribution >= 0.6 is 15.9 Å². The van der Waals surface area contributed by atoms with Crippen molar-refractivity contribution in [1.82, 2.24) is 4.90 Å². The molecule has 5 heteroatoms. The Labute approximate surface area is 108 Å². The number of hydrogen-bond acceptors (Lipinski definition) is 2. The van der Waals surface area contributed by atoms with Crippen LogP contribution in [0, 0.1) is 17.1 Å². The van der Waals surface area contributed by atoms with Crippen molar-refractivity contribution in [2.45, 2.75) is 19.9 Å². The second-order valence-corrected chi connectivity index (χ2v) is 4.66. The SMILES string of the molecule is CC(C)N(CC#N)C(=O)c1cc(F)ccc1Br. The van der Waals surface area contributed by atoms with E-state index in [-0.39, 0.29) is 24.1 Å². The largest absolute Gasteiger partial charge is 0.323 e. The summed E-state index contributed by atoms with van der Waals surface area (Å²) < 4.78 is 13.6. The number of halogens is 2. The Morgan fingerprint density at radius 1 is 1.59 bits per heavy atom. The molecule has 0 fully saturated rings. The molecule has 0 atom stereocenters. The highest BCUT2D eigenvalue weighted by Crippen LogP contribution is 2.20. The Morgan fingerprint density at radius 3 is 2.76 bits per heavy atom. The number of nitrogens with zero attached hydrogens (tertiary/aromatic N) is 2. The van der Waals surface area contributed by atoms with Gasteiger partial charge in [0.15, 0.2) is 0 Å². The van der Waals surface area contributed by atoms with Crippen LogP contribution in [-0.2, 0) is 0 Å². The minimum atomic E-state index is -0.475. The van der Waals surface area contributed by atoms with Gasteiger partial charge in [0.2, 0.25) is 0 Å². The van der Waals surface area contributed by atoms with E-state index < -0.39 is 5.82 Å². The van der Waals surface area contributed by atoms with Crippen LogP contribution in [0.5, 0.6) is 0 Å². The van der Waals surface area contributed by atoms with E-state index in [2.05, 4.69) is 15.9 Å². The van der Waals surface area contributed by atoms with Gasteiger partial charge in [0.05, 0.1) is 11.6 Å². The van der Waals surface area contributed by atoms with E-state index in [4.69, 9.17) is 5.26 Å². The van der Waals surface area contributed by atoms with E-state index in [1.54, 1.807) is 0 Å². The zero-order chi connectivity index (χ0) is 13.0. The molecule has 0 aliphatic rings. The van der Waals surface area contributed by atoms with Gasteiger partial charge < -0.3 is 4.90 Å². The molecule has 0 saturated carbocycles. The third kappa shape index (κ3) is 3.27. The molecule has 1 aromatic carbocycles. The zero-order valence-electron chi connectivity index (χ0n) is 9.58. The summed E-state index contributed by atoms with van der Waals surface area (Å²) in [6, 6.07) is 5.73. The lowest BCUT2D eigenvalue weighted by molar-refractivity contribution is 0.0730. The summed E-state index contributed by atoms with van der Waals surface area (Å²) in [5.74, 6) is -0.829. The Balaban J connectivity index is 3.10. The summed E-state index contributed by atoms with van der Waals surface area (Å²) in [5.41, 5.74) is 0.231. The van der Waals surface area contributed by atoms with Gasteiger partial charge in [-0.25, -0.2) is 4.39 Å². The van der Waals surface area contributed by atoms with Crippen LogP contribution in [0.2, 0.25) is 0 Å². The van der Waals surface area contributed by atoms with Crippen molar-refractivity contribution in [3.05, 3.63) is 34.1 Å². The maximum Gasteiger partial charge on any atom is 0.256 e. The van der Waals surface area contributed by atoms with Gasteiger partial charge in [-0.3, -0.25) is 4.79 Å². The molecule has 0 bridgehead atoms. The second-order valence-electron chi connectivity index (χ2n) is 3.81. The van der Waals surface area contributed by atoms with Crippen LogP contribution in [0.25, 0.3) is 0 Å². The van der Waals surface area contributed by atoms with Gasteiger partial charge in [0.25, 0.3) is 5.91 Å². The number of benzene rings is 1. The summed E-state index contributed by atoms with van der Waals surface area (Å²) in [4.78, 5) is 13.5. The number of hydrogen-bond donors (Lipinski definition) is 0. The van der Waals surface area contributed by atoms with Crippen molar-refractivity contribution in [2.24, 2.45) is 0 Å². The van der Waals surface area contributed by atoms with E-state index in [0.29, 0.717) is 4.47 Å². The van der Waals surface area contributed by atoms with Gasteiger partial charge >= 0.3 is 0 Å². The lowest BCUT2D eigenvalue weighted by Crippen LogP contribution is -2.37. The number of amides is 1. The minimum absolute atomic E-state index is 0.0144. The highest BCUT2D eigenvalue weighted by molar-refractivity contribution is 9.10.